The third kappa shape index (κ3) is 1.92. The van der Waals surface area contributed by atoms with Gasteiger partial charge in [-0.3, -0.25) is 0 Å². The van der Waals surface area contributed by atoms with E-state index in [9.17, 15) is 8.78 Å². The standard InChI is InChI=1S/C9H11F2N3/c10-8(11)4-6-5-13-7-2-1-3-12-9(7)14-6/h1-3,6,8,13H,4-5H2,(H,12,14). The van der Waals surface area contributed by atoms with E-state index in [4.69, 9.17) is 0 Å². The minimum Gasteiger partial charge on any atom is -0.380 e. The minimum absolute atomic E-state index is 0.150. The summed E-state index contributed by atoms with van der Waals surface area (Å²) in [5.41, 5.74) is 0.873. The number of anilines is 2. The molecule has 1 aliphatic heterocycles. The van der Waals surface area contributed by atoms with Crippen molar-refractivity contribution in [3.8, 4) is 0 Å². The van der Waals surface area contributed by atoms with Gasteiger partial charge >= 0.3 is 0 Å². The first-order valence-electron chi connectivity index (χ1n) is 4.49. The largest absolute Gasteiger partial charge is 0.380 e. The molecule has 0 saturated heterocycles. The van der Waals surface area contributed by atoms with Crippen LogP contribution in [0.5, 0.6) is 0 Å². The van der Waals surface area contributed by atoms with Crippen molar-refractivity contribution in [2.75, 3.05) is 17.2 Å². The average molecular weight is 199 g/mol. The number of rotatable bonds is 2. The maximum atomic E-state index is 12.1. The third-order valence-corrected chi connectivity index (χ3v) is 2.15. The molecule has 1 aliphatic rings. The van der Waals surface area contributed by atoms with E-state index in [1.54, 1.807) is 12.3 Å². The van der Waals surface area contributed by atoms with Crippen LogP contribution in [0.2, 0.25) is 0 Å². The maximum absolute atomic E-state index is 12.1. The fraction of sp³-hybridized carbons (Fsp3) is 0.444. The monoisotopic (exact) mass is 199 g/mol. The number of hydrogen-bond donors (Lipinski definition) is 2. The quantitative estimate of drug-likeness (QED) is 0.764. The van der Waals surface area contributed by atoms with E-state index in [1.807, 2.05) is 6.07 Å². The van der Waals surface area contributed by atoms with Crippen LogP contribution < -0.4 is 10.6 Å². The lowest BCUT2D eigenvalue weighted by atomic mass is 10.1. The Morgan fingerprint density at radius 3 is 3.21 bits per heavy atom. The lowest BCUT2D eigenvalue weighted by Gasteiger charge is -2.26. The Hall–Kier alpha value is -1.39. The van der Waals surface area contributed by atoms with Crippen LogP contribution in [0.4, 0.5) is 20.3 Å². The van der Waals surface area contributed by atoms with Gasteiger partial charge in [-0.1, -0.05) is 0 Å². The predicted octanol–water partition coefficient (Wildman–Crippen LogP) is 1.94. The number of fused-ring (bicyclic) bond motifs is 1. The van der Waals surface area contributed by atoms with Crippen molar-refractivity contribution >= 4 is 11.5 Å². The summed E-state index contributed by atoms with van der Waals surface area (Å²) in [5, 5.41) is 6.03. The van der Waals surface area contributed by atoms with Crippen LogP contribution in [0.15, 0.2) is 18.3 Å². The molecule has 0 bridgehead atoms. The Kier molecular flexibility index (Phi) is 2.47. The molecule has 1 atom stereocenters. The van der Waals surface area contributed by atoms with E-state index in [-0.39, 0.29) is 12.5 Å². The van der Waals surface area contributed by atoms with Crippen LogP contribution in [-0.2, 0) is 0 Å². The zero-order valence-corrected chi connectivity index (χ0v) is 7.50. The molecule has 1 aromatic rings. The summed E-state index contributed by atoms with van der Waals surface area (Å²) in [5.74, 6) is 0.657. The topological polar surface area (TPSA) is 37.0 Å². The molecule has 0 aromatic carbocycles. The van der Waals surface area contributed by atoms with E-state index in [1.165, 1.54) is 0 Å². The summed E-state index contributed by atoms with van der Waals surface area (Å²) in [7, 11) is 0. The van der Waals surface area contributed by atoms with Crippen molar-refractivity contribution in [1.82, 2.24) is 4.98 Å². The first kappa shape index (κ1) is 9.18. The van der Waals surface area contributed by atoms with Gasteiger partial charge in [0.05, 0.1) is 11.7 Å². The van der Waals surface area contributed by atoms with E-state index in [2.05, 4.69) is 15.6 Å². The van der Waals surface area contributed by atoms with E-state index < -0.39 is 6.43 Å². The molecule has 0 amide bonds. The first-order chi connectivity index (χ1) is 6.75. The Labute approximate surface area is 80.5 Å². The number of alkyl halides is 2. The van der Waals surface area contributed by atoms with Crippen LogP contribution in [0.1, 0.15) is 6.42 Å². The zero-order chi connectivity index (χ0) is 9.97. The van der Waals surface area contributed by atoms with Gasteiger partial charge in [-0.2, -0.15) is 0 Å². The second kappa shape index (κ2) is 3.77. The number of pyridine rings is 1. The molecule has 0 saturated carbocycles. The van der Waals surface area contributed by atoms with Crippen molar-refractivity contribution in [2.45, 2.75) is 18.9 Å². The predicted molar refractivity (Wildman–Crippen MR) is 50.8 cm³/mol. The fourth-order valence-corrected chi connectivity index (χ4v) is 1.50. The van der Waals surface area contributed by atoms with Crippen molar-refractivity contribution in [2.24, 2.45) is 0 Å². The Morgan fingerprint density at radius 2 is 2.43 bits per heavy atom. The second-order valence-electron chi connectivity index (χ2n) is 3.25. The number of nitrogens with one attached hydrogen (secondary N) is 2. The summed E-state index contributed by atoms with van der Waals surface area (Å²) >= 11 is 0. The lowest BCUT2D eigenvalue weighted by Crippen LogP contribution is -2.34. The molecule has 0 radical (unpaired) electrons. The van der Waals surface area contributed by atoms with E-state index in [0.717, 1.165) is 5.69 Å². The van der Waals surface area contributed by atoms with Crippen LogP contribution in [0.3, 0.4) is 0 Å². The van der Waals surface area contributed by atoms with Gasteiger partial charge in [0.25, 0.3) is 0 Å². The number of hydrogen-bond acceptors (Lipinski definition) is 3. The maximum Gasteiger partial charge on any atom is 0.240 e. The zero-order valence-electron chi connectivity index (χ0n) is 7.50. The highest BCUT2D eigenvalue weighted by molar-refractivity contribution is 5.66. The van der Waals surface area contributed by atoms with Gasteiger partial charge in [-0.05, 0) is 12.1 Å². The second-order valence-corrected chi connectivity index (χ2v) is 3.25. The minimum atomic E-state index is -2.28. The van der Waals surface area contributed by atoms with Crippen molar-refractivity contribution in [3.05, 3.63) is 18.3 Å². The van der Waals surface area contributed by atoms with Crippen molar-refractivity contribution in [3.63, 3.8) is 0 Å². The van der Waals surface area contributed by atoms with Crippen LogP contribution in [-0.4, -0.2) is 24.0 Å². The summed E-state index contributed by atoms with van der Waals surface area (Å²) in [6.07, 6.45) is -0.791. The van der Waals surface area contributed by atoms with E-state index >= 15 is 0 Å². The summed E-state index contributed by atoms with van der Waals surface area (Å²) in [4.78, 5) is 4.06. The van der Waals surface area contributed by atoms with Gasteiger partial charge in [0.1, 0.15) is 5.82 Å². The van der Waals surface area contributed by atoms with Gasteiger partial charge in [0, 0.05) is 19.2 Å². The molecule has 76 valence electrons. The molecule has 0 aliphatic carbocycles. The van der Waals surface area contributed by atoms with Gasteiger partial charge < -0.3 is 10.6 Å². The Balaban J connectivity index is 2.06. The highest BCUT2D eigenvalue weighted by Gasteiger charge is 2.20. The van der Waals surface area contributed by atoms with Gasteiger partial charge in [0.15, 0.2) is 0 Å². The molecule has 2 heterocycles. The van der Waals surface area contributed by atoms with Crippen LogP contribution >= 0.6 is 0 Å². The van der Waals surface area contributed by atoms with Crippen LogP contribution in [0.25, 0.3) is 0 Å². The summed E-state index contributed by atoms with van der Waals surface area (Å²) in [6.45, 7) is 0.517. The molecule has 2 rings (SSSR count). The molecular formula is C9H11F2N3. The van der Waals surface area contributed by atoms with Gasteiger partial charge in [0.2, 0.25) is 6.43 Å². The molecule has 2 N–H and O–H groups in total. The van der Waals surface area contributed by atoms with Gasteiger partial charge in [-0.25, -0.2) is 13.8 Å². The first-order valence-corrected chi connectivity index (χ1v) is 4.49. The van der Waals surface area contributed by atoms with Crippen molar-refractivity contribution in [1.29, 1.82) is 0 Å². The SMILES string of the molecule is FC(F)CC1CNc2cccnc2N1. The highest BCUT2D eigenvalue weighted by atomic mass is 19.3. The van der Waals surface area contributed by atoms with Crippen molar-refractivity contribution < 1.29 is 8.78 Å². The van der Waals surface area contributed by atoms with Crippen LogP contribution in [0, 0.1) is 0 Å². The van der Waals surface area contributed by atoms with Gasteiger partial charge in [-0.15, -0.1) is 0 Å². The molecule has 3 nitrogen and oxygen atoms in total. The normalized spacial score (nSPS) is 19.8. The molecular weight excluding hydrogens is 188 g/mol. The number of nitrogens with zero attached hydrogens (tertiary/aromatic N) is 1. The molecule has 0 spiro atoms. The molecule has 1 aromatic heterocycles. The summed E-state index contributed by atoms with van der Waals surface area (Å²) in [6, 6.07) is 3.44. The average Bonchev–Trinajstić information content (AvgIpc) is 2.17. The molecule has 14 heavy (non-hydrogen) atoms. The molecule has 0 fully saturated rings. The third-order valence-electron chi connectivity index (χ3n) is 2.15. The number of aromatic nitrogens is 1. The lowest BCUT2D eigenvalue weighted by molar-refractivity contribution is 0.132. The fourth-order valence-electron chi connectivity index (χ4n) is 1.50. The summed E-state index contributed by atoms with van der Waals surface area (Å²) < 4.78 is 24.2. The highest BCUT2D eigenvalue weighted by Crippen LogP contribution is 2.24. The smallest absolute Gasteiger partial charge is 0.240 e. The Morgan fingerprint density at radius 1 is 1.57 bits per heavy atom. The Bertz CT molecular complexity index is 317. The molecule has 5 heteroatoms. The van der Waals surface area contributed by atoms with E-state index in [0.29, 0.717) is 12.4 Å². The number of halogens is 2. The molecule has 1 unspecified atom stereocenters.